The Labute approximate surface area is 91.7 Å². The molecule has 2 heteroatoms. The van der Waals surface area contributed by atoms with Gasteiger partial charge in [-0.15, -0.1) is 0 Å². The lowest BCUT2D eigenvalue weighted by Gasteiger charge is -2.10. The van der Waals surface area contributed by atoms with E-state index in [-0.39, 0.29) is 5.92 Å². The number of hydrogen-bond donors (Lipinski definition) is 1. The lowest BCUT2D eigenvalue weighted by atomic mass is 9.99. The highest BCUT2D eigenvalue weighted by molar-refractivity contribution is 5.83. The second kappa shape index (κ2) is 6.36. The van der Waals surface area contributed by atoms with Crippen molar-refractivity contribution in [3.63, 3.8) is 0 Å². The van der Waals surface area contributed by atoms with Crippen LogP contribution in [0, 0.1) is 5.92 Å². The largest absolute Gasteiger partial charge is 0.316 e. The van der Waals surface area contributed by atoms with Gasteiger partial charge < -0.3 is 5.32 Å². The number of carbonyl (C=O) groups is 1. The molecule has 0 aliphatic carbocycles. The van der Waals surface area contributed by atoms with Crippen LogP contribution in [-0.4, -0.2) is 18.9 Å². The van der Waals surface area contributed by atoms with Gasteiger partial charge in [0.2, 0.25) is 0 Å². The molecule has 0 saturated carbocycles. The third kappa shape index (κ3) is 4.26. The summed E-state index contributed by atoms with van der Waals surface area (Å²) >= 11 is 0. The summed E-state index contributed by atoms with van der Waals surface area (Å²) in [6.45, 7) is 5.73. The summed E-state index contributed by atoms with van der Waals surface area (Å²) in [5.74, 6) is 0.410. The number of benzene rings is 1. The molecular weight excluding hydrogens is 186 g/mol. The van der Waals surface area contributed by atoms with E-state index in [1.165, 1.54) is 0 Å². The highest BCUT2D eigenvalue weighted by Gasteiger charge is 2.12. The normalized spacial score (nSPS) is 12.4. The molecule has 1 atom stereocenters. The average molecular weight is 205 g/mol. The van der Waals surface area contributed by atoms with E-state index in [0.29, 0.717) is 12.2 Å². The zero-order chi connectivity index (χ0) is 11.1. The first-order valence-electron chi connectivity index (χ1n) is 5.51. The maximum absolute atomic E-state index is 11.8. The Balaban J connectivity index is 2.42. The van der Waals surface area contributed by atoms with Gasteiger partial charge in [0.15, 0.2) is 0 Å². The van der Waals surface area contributed by atoms with Gasteiger partial charge in [-0.3, -0.25) is 4.79 Å². The van der Waals surface area contributed by atoms with Crippen molar-refractivity contribution in [3.8, 4) is 0 Å². The van der Waals surface area contributed by atoms with Crippen molar-refractivity contribution in [3.05, 3.63) is 35.9 Å². The van der Waals surface area contributed by atoms with Crippen molar-refractivity contribution in [2.75, 3.05) is 13.1 Å². The first kappa shape index (κ1) is 11.9. The molecule has 0 aromatic heterocycles. The fourth-order valence-corrected chi connectivity index (χ4v) is 1.45. The van der Waals surface area contributed by atoms with Crippen molar-refractivity contribution in [2.45, 2.75) is 20.3 Å². The van der Waals surface area contributed by atoms with Crippen molar-refractivity contribution in [1.29, 1.82) is 0 Å². The minimum Gasteiger partial charge on any atom is -0.316 e. The van der Waals surface area contributed by atoms with Crippen LogP contribution in [-0.2, 0) is 11.2 Å². The van der Waals surface area contributed by atoms with Gasteiger partial charge in [-0.2, -0.15) is 0 Å². The molecule has 0 fully saturated rings. The van der Waals surface area contributed by atoms with Gasteiger partial charge in [0, 0.05) is 18.9 Å². The van der Waals surface area contributed by atoms with E-state index < -0.39 is 0 Å². The van der Waals surface area contributed by atoms with Crippen LogP contribution in [0.5, 0.6) is 0 Å². The molecule has 15 heavy (non-hydrogen) atoms. The van der Waals surface area contributed by atoms with Gasteiger partial charge in [-0.1, -0.05) is 44.2 Å². The number of rotatable bonds is 6. The molecule has 1 rings (SSSR count). The quantitative estimate of drug-likeness (QED) is 0.770. The fourth-order valence-electron chi connectivity index (χ4n) is 1.45. The summed E-state index contributed by atoms with van der Waals surface area (Å²) in [4.78, 5) is 11.8. The number of hydrogen-bond acceptors (Lipinski definition) is 2. The third-order valence-electron chi connectivity index (χ3n) is 2.47. The fraction of sp³-hybridized carbons (Fsp3) is 0.462. The van der Waals surface area contributed by atoms with Crippen LogP contribution in [0.4, 0.5) is 0 Å². The van der Waals surface area contributed by atoms with E-state index in [1.807, 2.05) is 44.2 Å². The molecule has 0 aliphatic rings. The SMILES string of the molecule is CCNCC(C)C(=O)Cc1ccccc1. The molecule has 1 aromatic carbocycles. The minimum atomic E-state index is 0.102. The smallest absolute Gasteiger partial charge is 0.141 e. The summed E-state index contributed by atoms with van der Waals surface area (Å²) < 4.78 is 0. The van der Waals surface area contributed by atoms with Gasteiger partial charge in [0.1, 0.15) is 5.78 Å². The summed E-state index contributed by atoms with van der Waals surface area (Å²) in [7, 11) is 0. The van der Waals surface area contributed by atoms with Crippen LogP contribution in [0.15, 0.2) is 30.3 Å². The maximum Gasteiger partial charge on any atom is 0.141 e. The second-order valence-corrected chi connectivity index (χ2v) is 3.84. The van der Waals surface area contributed by atoms with Gasteiger partial charge >= 0.3 is 0 Å². The Hall–Kier alpha value is -1.15. The molecule has 0 saturated heterocycles. The Morgan fingerprint density at radius 3 is 2.60 bits per heavy atom. The molecule has 1 unspecified atom stereocenters. The van der Waals surface area contributed by atoms with E-state index >= 15 is 0 Å². The van der Waals surface area contributed by atoms with Crippen molar-refractivity contribution >= 4 is 5.78 Å². The highest BCUT2D eigenvalue weighted by Crippen LogP contribution is 2.05. The predicted molar refractivity (Wildman–Crippen MR) is 62.9 cm³/mol. The third-order valence-corrected chi connectivity index (χ3v) is 2.47. The Morgan fingerprint density at radius 2 is 2.00 bits per heavy atom. The Kier molecular flexibility index (Phi) is 5.05. The van der Waals surface area contributed by atoms with Gasteiger partial charge in [-0.25, -0.2) is 0 Å². The van der Waals surface area contributed by atoms with Crippen LogP contribution in [0.2, 0.25) is 0 Å². The molecule has 0 bridgehead atoms. The van der Waals surface area contributed by atoms with Gasteiger partial charge in [0.25, 0.3) is 0 Å². The molecule has 0 aliphatic heterocycles. The van der Waals surface area contributed by atoms with Gasteiger partial charge in [0.05, 0.1) is 0 Å². The zero-order valence-electron chi connectivity index (χ0n) is 9.49. The highest BCUT2D eigenvalue weighted by atomic mass is 16.1. The monoisotopic (exact) mass is 205 g/mol. The van der Waals surface area contributed by atoms with E-state index in [1.54, 1.807) is 0 Å². The molecule has 1 aromatic rings. The Morgan fingerprint density at radius 1 is 1.33 bits per heavy atom. The summed E-state index contributed by atoms with van der Waals surface area (Å²) in [5.41, 5.74) is 1.10. The molecule has 0 radical (unpaired) electrons. The summed E-state index contributed by atoms with van der Waals surface area (Å²) in [6, 6.07) is 9.90. The lowest BCUT2D eigenvalue weighted by Crippen LogP contribution is -2.27. The Bertz CT molecular complexity index is 295. The number of carbonyl (C=O) groups excluding carboxylic acids is 1. The molecule has 82 valence electrons. The molecule has 1 N–H and O–H groups in total. The number of ketones is 1. The van der Waals surface area contributed by atoms with Crippen molar-refractivity contribution in [2.24, 2.45) is 5.92 Å². The zero-order valence-corrected chi connectivity index (χ0v) is 9.49. The summed E-state index contributed by atoms with van der Waals surface area (Å²) in [5, 5.41) is 3.19. The van der Waals surface area contributed by atoms with E-state index in [4.69, 9.17) is 0 Å². The van der Waals surface area contributed by atoms with E-state index in [9.17, 15) is 4.79 Å². The topological polar surface area (TPSA) is 29.1 Å². The number of nitrogens with one attached hydrogen (secondary N) is 1. The molecule has 0 spiro atoms. The average Bonchev–Trinajstić information content (AvgIpc) is 2.27. The van der Waals surface area contributed by atoms with Crippen LogP contribution in [0.1, 0.15) is 19.4 Å². The molecule has 2 nitrogen and oxygen atoms in total. The maximum atomic E-state index is 11.8. The first-order chi connectivity index (χ1) is 7.24. The van der Waals surface area contributed by atoms with Crippen molar-refractivity contribution in [1.82, 2.24) is 5.32 Å². The molecule has 0 amide bonds. The van der Waals surface area contributed by atoms with Crippen LogP contribution < -0.4 is 5.32 Å². The number of Topliss-reactive ketones (excluding diaryl/α,β-unsaturated/α-hetero) is 1. The molecule has 0 heterocycles. The summed E-state index contributed by atoms with van der Waals surface area (Å²) in [6.07, 6.45) is 0.549. The lowest BCUT2D eigenvalue weighted by molar-refractivity contribution is -0.121. The van der Waals surface area contributed by atoms with E-state index in [2.05, 4.69) is 5.32 Å². The van der Waals surface area contributed by atoms with Crippen LogP contribution in [0.25, 0.3) is 0 Å². The first-order valence-corrected chi connectivity index (χ1v) is 5.51. The minimum absolute atomic E-state index is 0.102. The van der Waals surface area contributed by atoms with Crippen LogP contribution in [0.3, 0.4) is 0 Å². The van der Waals surface area contributed by atoms with Gasteiger partial charge in [-0.05, 0) is 12.1 Å². The van der Waals surface area contributed by atoms with Crippen LogP contribution >= 0.6 is 0 Å². The van der Waals surface area contributed by atoms with Crippen molar-refractivity contribution < 1.29 is 4.79 Å². The molecular formula is C13H19NO. The second-order valence-electron chi connectivity index (χ2n) is 3.84. The standard InChI is InChI=1S/C13H19NO/c1-3-14-10-11(2)13(15)9-12-7-5-4-6-8-12/h4-8,11,14H,3,9-10H2,1-2H3. The predicted octanol–water partition coefficient (Wildman–Crippen LogP) is 2.04. The van der Waals surface area contributed by atoms with E-state index in [0.717, 1.165) is 18.7 Å².